The maximum Gasteiger partial charge on any atom is 0.169 e. The highest BCUT2D eigenvalue weighted by Gasteiger charge is 2.16. The van der Waals surface area contributed by atoms with Crippen LogP contribution in [0.1, 0.15) is 31.4 Å². The summed E-state index contributed by atoms with van der Waals surface area (Å²) in [7, 11) is 3.30. The summed E-state index contributed by atoms with van der Waals surface area (Å²) >= 11 is 0. The first kappa shape index (κ1) is 14.9. The normalized spacial score (nSPS) is 12.4. The molecule has 0 bridgehead atoms. The summed E-state index contributed by atoms with van der Waals surface area (Å²) in [6.45, 7) is 3.43. The average Bonchev–Trinajstić information content (AvgIpc) is 2.40. The van der Waals surface area contributed by atoms with Gasteiger partial charge in [-0.05, 0) is 26.0 Å². The number of ether oxygens (including phenoxy) is 2. The van der Waals surface area contributed by atoms with Crippen molar-refractivity contribution < 1.29 is 13.9 Å². The molecule has 4 heteroatoms. The Bertz CT molecular complexity index is 358. The molecule has 0 saturated carbocycles. The number of hydrogen-bond acceptors (Lipinski definition) is 3. The van der Waals surface area contributed by atoms with Crippen LogP contribution in [0.15, 0.2) is 18.2 Å². The van der Waals surface area contributed by atoms with E-state index in [0.717, 1.165) is 19.4 Å². The zero-order valence-electron chi connectivity index (χ0n) is 11.3. The van der Waals surface area contributed by atoms with E-state index in [2.05, 4.69) is 12.2 Å². The van der Waals surface area contributed by atoms with Crippen molar-refractivity contribution in [2.24, 2.45) is 0 Å². The van der Waals surface area contributed by atoms with Gasteiger partial charge in [-0.1, -0.05) is 19.1 Å². The Balaban J connectivity index is 2.69. The predicted molar refractivity (Wildman–Crippen MR) is 70.5 cm³/mol. The summed E-state index contributed by atoms with van der Waals surface area (Å²) in [5.74, 6) is -0.0166. The highest BCUT2D eigenvalue weighted by molar-refractivity contribution is 5.33. The van der Waals surface area contributed by atoms with Crippen LogP contribution >= 0.6 is 0 Å². The van der Waals surface area contributed by atoms with Crippen LogP contribution in [-0.4, -0.2) is 27.4 Å². The summed E-state index contributed by atoms with van der Waals surface area (Å²) in [4.78, 5) is 0. The standard InChI is InChI=1S/C14H22FNO2/c1-4-9-18-10-8-12(16-2)11-6-5-7-13(17-3)14(11)15/h5-7,12,16H,4,8-10H2,1-3H3. The van der Waals surface area contributed by atoms with Gasteiger partial charge in [0.05, 0.1) is 7.11 Å². The first-order chi connectivity index (χ1) is 8.74. The molecule has 18 heavy (non-hydrogen) atoms. The Morgan fingerprint density at radius 2 is 2.11 bits per heavy atom. The first-order valence-electron chi connectivity index (χ1n) is 6.32. The van der Waals surface area contributed by atoms with E-state index < -0.39 is 0 Å². The second kappa shape index (κ2) is 8.06. The summed E-state index contributed by atoms with van der Waals surface area (Å²) in [5, 5.41) is 3.11. The number of nitrogens with one attached hydrogen (secondary N) is 1. The van der Waals surface area contributed by atoms with Gasteiger partial charge in [-0.3, -0.25) is 0 Å². The summed E-state index contributed by atoms with van der Waals surface area (Å²) in [5.41, 5.74) is 0.622. The SMILES string of the molecule is CCCOCCC(NC)c1cccc(OC)c1F. The van der Waals surface area contributed by atoms with E-state index in [4.69, 9.17) is 9.47 Å². The Kier molecular flexibility index (Phi) is 6.68. The molecule has 0 aromatic heterocycles. The van der Waals surface area contributed by atoms with Gasteiger partial charge in [0, 0.05) is 24.8 Å². The van der Waals surface area contributed by atoms with Gasteiger partial charge in [-0.15, -0.1) is 0 Å². The Morgan fingerprint density at radius 3 is 2.72 bits per heavy atom. The molecule has 3 nitrogen and oxygen atoms in total. The van der Waals surface area contributed by atoms with E-state index in [0.29, 0.717) is 12.2 Å². The largest absolute Gasteiger partial charge is 0.494 e. The molecule has 0 spiro atoms. The van der Waals surface area contributed by atoms with Crippen LogP contribution in [0.4, 0.5) is 4.39 Å². The van der Waals surface area contributed by atoms with Crippen molar-refractivity contribution >= 4 is 0 Å². The second-order valence-corrected chi connectivity index (χ2v) is 4.11. The zero-order valence-corrected chi connectivity index (χ0v) is 11.3. The Labute approximate surface area is 108 Å². The maximum atomic E-state index is 14.1. The van der Waals surface area contributed by atoms with Crippen molar-refractivity contribution in [3.63, 3.8) is 0 Å². The summed E-state index contributed by atoms with van der Waals surface area (Å²) in [6, 6.07) is 5.14. The second-order valence-electron chi connectivity index (χ2n) is 4.11. The number of benzene rings is 1. The van der Waals surface area contributed by atoms with E-state index >= 15 is 0 Å². The lowest BCUT2D eigenvalue weighted by Crippen LogP contribution is -2.20. The minimum atomic E-state index is -0.296. The van der Waals surface area contributed by atoms with E-state index in [-0.39, 0.29) is 17.6 Å². The lowest BCUT2D eigenvalue weighted by molar-refractivity contribution is 0.125. The van der Waals surface area contributed by atoms with Crippen LogP contribution in [0.25, 0.3) is 0 Å². The fourth-order valence-corrected chi connectivity index (χ4v) is 1.86. The van der Waals surface area contributed by atoms with Crippen molar-refractivity contribution in [2.75, 3.05) is 27.4 Å². The highest BCUT2D eigenvalue weighted by Crippen LogP contribution is 2.26. The monoisotopic (exact) mass is 255 g/mol. The van der Waals surface area contributed by atoms with Crippen LogP contribution in [0.5, 0.6) is 5.75 Å². The number of hydrogen-bond donors (Lipinski definition) is 1. The third-order valence-electron chi connectivity index (χ3n) is 2.84. The van der Waals surface area contributed by atoms with Crippen LogP contribution in [0.2, 0.25) is 0 Å². The van der Waals surface area contributed by atoms with Crippen molar-refractivity contribution in [1.29, 1.82) is 0 Å². The Morgan fingerprint density at radius 1 is 1.33 bits per heavy atom. The molecule has 0 saturated heterocycles. The molecular formula is C14H22FNO2. The molecular weight excluding hydrogens is 233 g/mol. The molecule has 102 valence electrons. The van der Waals surface area contributed by atoms with Gasteiger partial charge in [0.25, 0.3) is 0 Å². The van der Waals surface area contributed by atoms with E-state index in [1.54, 1.807) is 18.2 Å². The predicted octanol–water partition coefficient (Wildman–Crippen LogP) is 2.91. The molecule has 1 aromatic rings. The van der Waals surface area contributed by atoms with E-state index in [1.165, 1.54) is 7.11 Å². The number of halogens is 1. The van der Waals surface area contributed by atoms with Crippen LogP contribution in [-0.2, 0) is 4.74 Å². The molecule has 0 heterocycles. The van der Waals surface area contributed by atoms with Gasteiger partial charge in [0.15, 0.2) is 11.6 Å². The molecule has 1 N–H and O–H groups in total. The van der Waals surface area contributed by atoms with Crippen molar-refractivity contribution in [3.05, 3.63) is 29.6 Å². The number of methoxy groups -OCH3 is 1. The minimum absolute atomic E-state index is 0.0584. The number of rotatable bonds is 8. The molecule has 1 atom stereocenters. The zero-order chi connectivity index (χ0) is 13.4. The lowest BCUT2D eigenvalue weighted by Gasteiger charge is -2.18. The van der Waals surface area contributed by atoms with Gasteiger partial charge in [-0.2, -0.15) is 0 Å². The Hall–Kier alpha value is -1.13. The van der Waals surface area contributed by atoms with Crippen molar-refractivity contribution in [3.8, 4) is 5.75 Å². The third kappa shape index (κ3) is 3.96. The van der Waals surface area contributed by atoms with Gasteiger partial charge < -0.3 is 14.8 Å². The van der Waals surface area contributed by atoms with Crippen LogP contribution in [0, 0.1) is 5.82 Å². The average molecular weight is 255 g/mol. The summed E-state index contributed by atoms with van der Waals surface area (Å²) in [6.07, 6.45) is 1.73. The first-order valence-corrected chi connectivity index (χ1v) is 6.32. The lowest BCUT2D eigenvalue weighted by atomic mass is 10.0. The molecule has 0 radical (unpaired) electrons. The van der Waals surface area contributed by atoms with Gasteiger partial charge in [0.2, 0.25) is 0 Å². The molecule has 0 aliphatic heterocycles. The van der Waals surface area contributed by atoms with Crippen LogP contribution in [0.3, 0.4) is 0 Å². The molecule has 1 aromatic carbocycles. The molecule has 0 aliphatic rings. The molecule has 0 amide bonds. The highest BCUT2D eigenvalue weighted by atomic mass is 19.1. The third-order valence-corrected chi connectivity index (χ3v) is 2.84. The van der Waals surface area contributed by atoms with Gasteiger partial charge in [0.1, 0.15) is 0 Å². The summed E-state index contributed by atoms with van der Waals surface area (Å²) < 4.78 is 24.5. The van der Waals surface area contributed by atoms with E-state index in [1.807, 2.05) is 7.05 Å². The minimum Gasteiger partial charge on any atom is -0.494 e. The molecule has 1 rings (SSSR count). The smallest absolute Gasteiger partial charge is 0.169 e. The van der Waals surface area contributed by atoms with Crippen molar-refractivity contribution in [1.82, 2.24) is 5.32 Å². The fourth-order valence-electron chi connectivity index (χ4n) is 1.86. The fraction of sp³-hybridized carbons (Fsp3) is 0.571. The topological polar surface area (TPSA) is 30.5 Å². The van der Waals surface area contributed by atoms with Crippen molar-refractivity contribution in [2.45, 2.75) is 25.8 Å². The molecule has 0 fully saturated rings. The quantitative estimate of drug-likeness (QED) is 0.724. The van der Waals surface area contributed by atoms with E-state index in [9.17, 15) is 4.39 Å². The molecule has 0 aliphatic carbocycles. The van der Waals surface area contributed by atoms with Gasteiger partial charge in [-0.25, -0.2) is 4.39 Å². The van der Waals surface area contributed by atoms with Gasteiger partial charge >= 0.3 is 0 Å². The maximum absolute atomic E-state index is 14.1. The molecule has 1 unspecified atom stereocenters. The van der Waals surface area contributed by atoms with Crippen LogP contribution < -0.4 is 10.1 Å².